The first-order chi connectivity index (χ1) is 7.34. The van der Waals surface area contributed by atoms with Gasteiger partial charge >= 0.3 is 12.0 Å². The Kier molecular flexibility index (Phi) is 5.01. The molecule has 0 aliphatic rings. The van der Waals surface area contributed by atoms with Gasteiger partial charge in [0, 0.05) is 6.54 Å². The molecule has 0 unspecified atom stereocenters. The second kappa shape index (κ2) is 5.75. The molecule has 16 heavy (non-hydrogen) atoms. The van der Waals surface area contributed by atoms with Gasteiger partial charge in [0.15, 0.2) is 0 Å². The van der Waals surface area contributed by atoms with Crippen molar-refractivity contribution in [3.63, 3.8) is 0 Å². The van der Waals surface area contributed by atoms with E-state index in [2.05, 4.69) is 4.74 Å². The number of alkyl carbamates (subject to hydrolysis) is 1. The summed E-state index contributed by atoms with van der Waals surface area (Å²) < 4.78 is 16.9. The number of ether oxygens (including phenoxy) is 1. The first kappa shape index (κ1) is 14.0. The summed E-state index contributed by atoms with van der Waals surface area (Å²) >= 11 is 0. The smallest absolute Gasteiger partial charge is 0.430 e. The Morgan fingerprint density at radius 3 is 2.31 bits per heavy atom. The Balaban J connectivity index is 4.29. The average molecular weight is 241 g/mol. The number of nitrogens with zero attached hydrogens (tertiary/aromatic N) is 2. The van der Waals surface area contributed by atoms with Crippen LogP contribution in [0.4, 0.5) is 9.18 Å². The minimum atomic E-state index is -4.07. The topological polar surface area (TPSA) is 145 Å². The maximum Gasteiger partial charge on any atom is 0.648 e. The van der Waals surface area contributed by atoms with Crippen LogP contribution in [0, 0.1) is 20.2 Å². The van der Waals surface area contributed by atoms with Crippen molar-refractivity contribution < 1.29 is 28.9 Å². The van der Waals surface area contributed by atoms with Gasteiger partial charge in [-0.2, -0.15) is 0 Å². The van der Waals surface area contributed by atoms with E-state index in [9.17, 15) is 29.4 Å². The molecule has 0 aromatic heterocycles. The molecular weight excluding hydrogens is 233 g/mol. The molecule has 0 fully saturated rings. The maximum atomic E-state index is 13.0. The van der Waals surface area contributed by atoms with E-state index < -0.39 is 35.1 Å². The minimum Gasteiger partial charge on any atom is -0.430 e. The van der Waals surface area contributed by atoms with Crippen LogP contribution in [-0.2, 0) is 4.74 Å². The zero-order valence-electron chi connectivity index (χ0n) is 7.79. The van der Waals surface area contributed by atoms with Crippen LogP contribution in [0.1, 0.15) is 0 Å². The summed E-state index contributed by atoms with van der Waals surface area (Å²) in [5.41, 5.74) is 0. The number of carbonyl (C=O) groups is 1. The third-order valence-electron chi connectivity index (χ3n) is 1.33. The van der Waals surface area contributed by atoms with E-state index in [1.165, 1.54) is 0 Å². The highest BCUT2D eigenvalue weighted by molar-refractivity contribution is 5.67. The fourth-order valence-corrected chi connectivity index (χ4v) is 0.538. The van der Waals surface area contributed by atoms with Gasteiger partial charge in [0.2, 0.25) is 0 Å². The molecule has 0 saturated heterocycles. The summed E-state index contributed by atoms with van der Waals surface area (Å²) in [5, 5.41) is 30.2. The van der Waals surface area contributed by atoms with Crippen LogP contribution >= 0.6 is 0 Å². The lowest BCUT2D eigenvalue weighted by Gasteiger charge is -2.08. The molecule has 0 aliphatic heterocycles. The molecule has 0 atom stereocenters. The van der Waals surface area contributed by atoms with E-state index in [0.717, 1.165) is 0 Å². The highest BCUT2D eigenvalue weighted by Crippen LogP contribution is 2.13. The third-order valence-corrected chi connectivity index (χ3v) is 1.33. The van der Waals surface area contributed by atoms with Gasteiger partial charge in [0.05, 0.1) is 6.61 Å². The molecule has 92 valence electrons. The highest BCUT2D eigenvalue weighted by atomic mass is 19.2. The van der Waals surface area contributed by atoms with Crippen molar-refractivity contribution in [2.75, 3.05) is 19.8 Å². The molecule has 1 amide bonds. The average Bonchev–Trinajstić information content (AvgIpc) is 2.22. The Bertz CT molecular complexity index is 282. The van der Waals surface area contributed by atoms with E-state index in [0.29, 0.717) is 0 Å². The second-order valence-corrected chi connectivity index (χ2v) is 2.46. The zero-order chi connectivity index (χ0) is 12.8. The van der Waals surface area contributed by atoms with Crippen LogP contribution in [0.2, 0.25) is 0 Å². The minimum absolute atomic E-state index is 0.227. The molecule has 11 heteroatoms. The van der Waals surface area contributed by atoms with Crippen molar-refractivity contribution in [1.82, 2.24) is 5.32 Å². The summed E-state index contributed by atoms with van der Waals surface area (Å²) in [4.78, 5) is 27.1. The number of nitro groups is 2. The first-order valence-corrected chi connectivity index (χ1v) is 3.84. The van der Waals surface area contributed by atoms with E-state index in [4.69, 9.17) is 5.11 Å². The lowest BCUT2D eigenvalue weighted by atomic mass is 10.5. The summed E-state index contributed by atoms with van der Waals surface area (Å²) in [7, 11) is 0. The molecule has 0 aromatic carbocycles. The Hall–Kier alpha value is -2.04. The fourth-order valence-electron chi connectivity index (χ4n) is 0.538. The van der Waals surface area contributed by atoms with Crippen LogP contribution in [0.5, 0.6) is 0 Å². The number of carbonyl (C=O) groups excluding carboxylic acids is 1. The summed E-state index contributed by atoms with van der Waals surface area (Å²) in [6.07, 6.45) is -1.31. The lowest BCUT2D eigenvalue weighted by molar-refractivity contribution is -0.832. The predicted octanol–water partition coefficient (Wildman–Crippen LogP) is -1.12. The van der Waals surface area contributed by atoms with E-state index in [-0.39, 0.29) is 6.54 Å². The van der Waals surface area contributed by atoms with Crippen LogP contribution in [0.15, 0.2) is 0 Å². The molecular formula is C5H8FN3O7. The van der Waals surface area contributed by atoms with Crippen molar-refractivity contribution in [2.45, 2.75) is 5.92 Å². The molecule has 0 saturated carbocycles. The SMILES string of the molecule is O=C(NCCO)OCC(F)([N+](=O)[O-])[N+](=O)[O-]. The van der Waals surface area contributed by atoms with Crippen molar-refractivity contribution in [3.8, 4) is 0 Å². The molecule has 2 N–H and O–H groups in total. The second-order valence-electron chi connectivity index (χ2n) is 2.46. The molecule has 0 rings (SSSR count). The van der Waals surface area contributed by atoms with Crippen molar-refractivity contribution >= 4 is 6.09 Å². The van der Waals surface area contributed by atoms with Gasteiger partial charge in [-0.25, -0.2) is 4.79 Å². The Labute approximate surface area is 87.3 Å². The number of aliphatic hydroxyl groups excluding tert-OH is 1. The standard InChI is InChI=1S/C5H8FN3O7/c6-5(8(12)13,9(14)15)3-16-4(11)7-1-2-10/h10H,1-3H2,(H,7,11). The van der Waals surface area contributed by atoms with Gasteiger partial charge in [-0.1, -0.05) is 4.39 Å². The number of halogens is 1. The quantitative estimate of drug-likeness (QED) is 0.259. The summed E-state index contributed by atoms with van der Waals surface area (Å²) in [6, 6.07) is 0. The highest BCUT2D eigenvalue weighted by Gasteiger charge is 2.59. The van der Waals surface area contributed by atoms with E-state index in [1.807, 2.05) is 5.32 Å². The van der Waals surface area contributed by atoms with Crippen molar-refractivity contribution in [1.29, 1.82) is 0 Å². The zero-order valence-corrected chi connectivity index (χ0v) is 7.79. The van der Waals surface area contributed by atoms with E-state index >= 15 is 0 Å². The van der Waals surface area contributed by atoms with Crippen LogP contribution in [0.25, 0.3) is 0 Å². The lowest BCUT2D eigenvalue weighted by Crippen LogP contribution is -2.47. The monoisotopic (exact) mass is 241 g/mol. The summed E-state index contributed by atoms with van der Waals surface area (Å²) in [5.74, 6) is -4.07. The van der Waals surface area contributed by atoms with Gasteiger partial charge in [0.1, 0.15) is 9.85 Å². The largest absolute Gasteiger partial charge is 0.648 e. The van der Waals surface area contributed by atoms with Crippen LogP contribution in [0.3, 0.4) is 0 Å². The van der Waals surface area contributed by atoms with Gasteiger partial charge in [-0.3, -0.25) is 20.2 Å². The Morgan fingerprint density at radius 2 is 1.94 bits per heavy atom. The maximum absolute atomic E-state index is 13.0. The van der Waals surface area contributed by atoms with E-state index in [1.54, 1.807) is 0 Å². The molecule has 0 spiro atoms. The van der Waals surface area contributed by atoms with Crippen LogP contribution in [-0.4, -0.2) is 46.7 Å². The third kappa shape index (κ3) is 3.61. The molecule has 10 nitrogen and oxygen atoms in total. The number of hydrogen-bond donors (Lipinski definition) is 2. The number of aliphatic hydroxyl groups is 1. The molecule has 0 aliphatic carbocycles. The number of hydrogen-bond acceptors (Lipinski definition) is 7. The van der Waals surface area contributed by atoms with Crippen LogP contribution < -0.4 is 5.32 Å². The van der Waals surface area contributed by atoms with Crippen molar-refractivity contribution in [2.24, 2.45) is 0 Å². The Morgan fingerprint density at radius 1 is 1.44 bits per heavy atom. The number of nitrogens with one attached hydrogen (secondary N) is 1. The van der Waals surface area contributed by atoms with Gasteiger partial charge in [0.25, 0.3) is 6.61 Å². The van der Waals surface area contributed by atoms with Gasteiger partial charge in [-0.15, -0.1) is 0 Å². The predicted molar refractivity (Wildman–Crippen MR) is 44.3 cm³/mol. The molecule has 0 heterocycles. The van der Waals surface area contributed by atoms with Gasteiger partial charge < -0.3 is 15.2 Å². The number of amides is 1. The molecule has 0 bridgehead atoms. The molecule has 0 radical (unpaired) electrons. The fraction of sp³-hybridized carbons (Fsp3) is 0.800. The number of alkyl halides is 1. The normalized spacial score (nSPS) is 10.6. The first-order valence-electron chi connectivity index (χ1n) is 3.84. The number of rotatable bonds is 6. The van der Waals surface area contributed by atoms with Gasteiger partial charge in [-0.05, 0) is 0 Å². The summed E-state index contributed by atoms with van der Waals surface area (Å²) in [6.45, 7) is -2.32. The molecule has 0 aromatic rings. The van der Waals surface area contributed by atoms with Crippen molar-refractivity contribution in [3.05, 3.63) is 20.2 Å².